The van der Waals surface area contributed by atoms with Crippen molar-refractivity contribution in [3.05, 3.63) is 0 Å². The summed E-state index contributed by atoms with van der Waals surface area (Å²) in [5.74, 6) is -0.150. The first-order valence-corrected chi connectivity index (χ1v) is 7.34. The van der Waals surface area contributed by atoms with Crippen molar-refractivity contribution in [2.45, 2.75) is 52.4 Å². The van der Waals surface area contributed by atoms with Gasteiger partial charge in [0.2, 0.25) is 0 Å². The number of hydrogen-bond donors (Lipinski definition) is 1. The molecule has 0 aromatic rings. The quantitative estimate of drug-likeness (QED) is 0.702. The van der Waals surface area contributed by atoms with Gasteiger partial charge in [0.1, 0.15) is 6.04 Å². The molecule has 1 rings (SSSR count). The monoisotopic (exact) mass is 272 g/mol. The van der Waals surface area contributed by atoms with Crippen molar-refractivity contribution in [3.8, 4) is 0 Å². The molecule has 0 aromatic heterocycles. The average molecular weight is 272 g/mol. The molecule has 0 radical (unpaired) electrons. The predicted octanol–water partition coefficient (Wildman–Crippen LogP) is 1.03. The average Bonchev–Trinajstić information content (AvgIpc) is 2.33. The van der Waals surface area contributed by atoms with Crippen LogP contribution in [0.3, 0.4) is 0 Å². The summed E-state index contributed by atoms with van der Waals surface area (Å²) in [6, 6.07) is -0.239. The first kappa shape index (κ1) is 16.4. The minimum absolute atomic E-state index is 0.150. The van der Waals surface area contributed by atoms with Crippen LogP contribution < -0.4 is 5.32 Å². The van der Waals surface area contributed by atoms with E-state index >= 15 is 0 Å². The standard InChI is InChI=1S/C14H28N2O3/c1-5-7-15-13(14(17)18-6-2)10-16-8-11(3)19-12(4)9-16/h11-13,15H,5-10H2,1-4H3/t11-,12+,13?. The molecule has 1 fully saturated rings. The van der Waals surface area contributed by atoms with Crippen LogP contribution in [0.4, 0.5) is 0 Å². The van der Waals surface area contributed by atoms with Crippen LogP contribution in [0.25, 0.3) is 0 Å². The fourth-order valence-corrected chi connectivity index (χ4v) is 2.48. The summed E-state index contributed by atoms with van der Waals surface area (Å²) in [5, 5.41) is 3.27. The molecule has 1 saturated heterocycles. The fourth-order valence-electron chi connectivity index (χ4n) is 2.48. The number of morpholine rings is 1. The topological polar surface area (TPSA) is 50.8 Å². The summed E-state index contributed by atoms with van der Waals surface area (Å²) < 4.78 is 10.8. The van der Waals surface area contributed by atoms with E-state index < -0.39 is 0 Å². The minimum Gasteiger partial charge on any atom is -0.465 e. The SMILES string of the molecule is CCCNC(CN1C[C@@H](C)O[C@@H](C)C1)C(=O)OCC. The van der Waals surface area contributed by atoms with Crippen molar-refractivity contribution in [2.75, 3.05) is 32.8 Å². The van der Waals surface area contributed by atoms with Gasteiger partial charge >= 0.3 is 5.97 Å². The third kappa shape index (κ3) is 5.89. The molecule has 1 heterocycles. The summed E-state index contributed by atoms with van der Waals surface area (Å²) in [5.41, 5.74) is 0. The van der Waals surface area contributed by atoms with E-state index in [0.717, 1.165) is 26.1 Å². The smallest absolute Gasteiger partial charge is 0.324 e. The lowest BCUT2D eigenvalue weighted by Gasteiger charge is -2.36. The molecule has 0 aromatic carbocycles. The predicted molar refractivity (Wildman–Crippen MR) is 75.2 cm³/mol. The van der Waals surface area contributed by atoms with Crippen molar-refractivity contribution in [1.29, 1.82) is 0 Å². The second-order valence-electron chi connectivity index (χ2n) is 5.23. The zero-order chi connectivity index (χ0) is 14.3. The zero-order valence-corrected chi connectivity index (χ0v) is 12.6. The molecular formula is C14H28N2O3. The molecule has 19 heavy (non-hydrogen) atoms. The Kier molecular flexibility index (Phi) is 7.34. The molecule has 3 atom stereocenters. The maximum absolute atomic E-state index is 11.9. The van der Waals surface area contributed by atoms with Gasteiger partial charge < -0.3 is 14.8 Å². The van der Waals surface area contributed by atoms with E-state index in [4.69, 9.17) is 9.47 Å². The van der Waals surface area contributed by atoms with Crippen LogP contribution in [-0.4, -0.2) is 61.9 Å². The third-order valence-corrected chi connectivity index (χ3v) is 3.15. The molecule has 112 valence electrons. The first-order chi connectivity index (χ1) is 9.06. The lowest BCUT2D eigenvalue weighted by atomic mass is 10.2. The molecule has 5 heteroatoms. The third-order valence-electron chi connectivity index (χ3n) is 3.15. The summed E-state index contributed by atoms with van der Waals surface area (Å²) in [7, 11) is 0. The van der Waals surface area contributed by atoms with Crippen LogP contribution in [0.15, 0.2) is 0 Å². The van der Waals surface area contributed by atoms with Crippen LogP contribution in [0.5, 0.6) is 0 Å². The molecule has 1 unspecified atom stereocenters. The van der Waals surface area contributed by atoms with Crippen LogP contribution in [0.1, 0.15) is 34.1 Å². The number of nitrogens with zero attached hydrogens (tertiary/aromatic N) is 1. The highest BCUT2D eigenvalue weighted by atomic mass is 16.5. The Bertz CT molecular complexity index is 263. The number of carbonyl (C=O) groups is 1. The van der Waals surface area contributed by atoms with Crippen molar-refractivity contribution < 1.29 is 14.3 Å². The van der Waals surface area contributed by atoms with Crippen molar-refractivity contribution in [1.82, 2.24) is 10.2 Å². The van der Waals surface area contributed by atoms with Crippen LogP contribution >= 0.6 is 0 Å². The van der Waals surface area contributed by atoms with Crippen LogP contribution in [0.2, 0.25) is 0 Å². The normalized spacial score (nSPS) is 26.1. The van der Waals surface area contributed by atoms with E-state index in [0.29, 0.717) is 13.2 Å². The number of rotatable bonds is 7. The molecule has 5 nitrogen and oxygen atoms in total. The van der Waals surface area contributed by atoms with Gasteiger partial charge in [0, 0.05) is 19.6 Å². The van der Waals surface area contributed by atoms with Crippen molar-refractivity contribution in [3.63, 3.8) is 0 Å². The molecular weight excluding hydrogens is 244 g/mol. The number of esters is 1. The first-order valence-electron chi connectivity index (χ1n) is 7.34. The van der Waals surface area contributed by atoms with E-state index in [1.54, 1.807) is 0 Å². The highest BCUT2D eigenvalue weighted by Crippen LogP contribution is 2.11. The summed E-state index contributed by atoms with van der Waals surface area (Å²) in [4.78, 5) is 14.2. The van der Waals surface area contributed by atoms with E-state index in [1.807, 2.05) is 6.92 Å². The van der Waals surface area contributed by atoms with E-state index in [1.165, 1.54) is 0 Å². The molecule has 1 aliphatic rings. The second kappa shape index (κ2) is 8.51. The van der Waals surface area contributed by atoms with Crippen molar-refractivity contribution >= 4 is 5.97 Å². The molecule has 0 bridgehead atoms. The van der Waals surface area contributed by atoms with Gasteiger partial charge in [0.15, 0.2) is 0 Å². The molecule has 0 amide bonds. The van der Waals surface area contributed by atoms with E-state index in [-0.39, 0.29) is 24.2 Å². The van der Waals surface area contributed by atoms with Gasteiger partial charge in [-0.05, 0) is 33.7 Å². The summed E-state index contributed by atoms with van der Waals surface area (Å²) in [6.07, 6.45) is 1.45. The Balaban J connectivity index is 2.52. The van der Waals surface area contributed by atoms with Gasteiger partial charge in [0.05, 0.1) is 18.8 Å². The molecule has 0 spiro atoms. The summed E-state index contributed by atoms with van der Waals surface area (Å²) >= 11 is 0. The Morgan fingerprint density at radius 3 is 2.53 bits per heavy atom. The van der Waals surface area contributed by atoms with E-state index in [9.17, 15) is 4.79 Å². The van der Waals surface area contributed by atoms with Crippen LogP contribution in [0, 0.1) is 0 Å². The second-order valence-corrected chi connectivity index (χ2v) is 5.23. The van der Waals surface area contributed by atoms with E-state index in [2.05, 4.69) is 31.0 Å². The minimum atomic E-state index is -0.239. The lowest BCUT2D eigenvalue weighted by molar-refractivity contribution is -0.147. The highest BCUT2D eigenvalue weighted by molar-refractivity contribution is 5.76. The number of hydrogen-bond acceptors (Lipinski definition) is 5. The van der Waals surface area contributed by atoms with Gasteiger partial charge in [-0.25, -0.2) is 0 Å². The van der Waals surface area contributed by atoms with Gasteiger partial charge in [0.25, 0.3) is 0 Å². The highest BCUT2D eigenvalue weighted by Gasteiger charge is 2.27. The molecule has 0 aliphatic carbocycles. The van der Waals surface area contributed by atoms with Gasteiger partial charge in [-0.3, -0.25) is 9.69 Å². The maximum Gasteiger partial charge on any atom is 0.324 e. The Hall–Kier alpha value is -0.650. The summed E-state index contributed by atoms with van der Waals surface area (Å²) in [6.45, 7) is 11.8. The molecule has 1 N–H and O–H groups in total. The Morgan fingerprint density at radius 2 is 2.00 bits per heavy atom. The van der Waals surface area contributed by atoms with Crippen molar-refractivity contribution in [2.24, 2.45) is 0 Å². The van der Waals surface area contributed by atoms with Gasteiger partial charge in [-0.2, -0.15) is 0 Å². The number of nitrogens with one attached hydrogen (secondary N) is 1. The fraction of sp³-hybridized carbons (Fsp3) is 0.929. The lowest BCUT2D eigenvalue weighted by Crippen LogP contribution is -2.53. The largest absolute Gasteiger partial charge is 0.465 e. The van der Waals surface area contributed by atoms with Gasteiger partial charge in [-0.1, -0.05) is 6.92 Å². The van der Waals surface area contributed by atoms with Crippen LogP contribution in [-0.2, 0) is 14.3 Å². The maximum atomic E-state index is 11.9. The number of ether oxygens (including phenoxy) is 2. The van der Waals surface area contributed by atoms with Gasteiger partial charge in [-0.15, -0.1) is 0 Å². The molecule has 1 aliphatic heterocycles. The zero-order valence-electron chi connectivity index (χ0n) is 12.6. The Labute approximate surface area is 116 Å². The molecule has 0 saturated carbocycles. The Morgan fingerprint density at radius 1 is 1.37 bits per heavy atom. The number of carbonyl (C=O) groups excluding carboxylic acids is 1.